The largest absolute Gasteiger partial charge is 0.756 e. The molecule has 0 aliphatic carbocycles. The number of carbonyl (C=O) groups excluding carboxylic acids is 1. The van der Waals surface area contributed by atoms with Gasteiger partial charge in [0.05, 0.1) is 34.4 Å². The van der Waals surface area contributed by atoms with Crippen molar-refractivity contribution in [1.29, 1.82) is 0 Å². The van der Waals surface area contributed by atoms with E-state index in [4.69, 9.17) is 18.5 Å². The summed E-state index contributed by atoms with van der Waals surface area (Å²) in [5.74, 6) is -0.376. The average molecular weight is 868 g/mol. The van der Waals surface area contributed by atoms with Crippen LogP contribution in [0.1, 0.15) is 142 Å². The van der Waals surface area contributed by atoms with Gasteiger partial charge in [0, 0.05) is 13.0 Å². The van der Waals surface area contributed by atoms with Crippen molar-refractivity contribution < 1.29 is 37.3 Å². The van der Waals surface area contributed by atoms with E-state index >= 15 is 0 Å². The fourth-order valence-electron chi connectivity index (χ4n) is 5.48. The van der Waals surface area contributed by atoms with Crippen LogP contribution in [0.2, 0.25) is 0 Å². The third-order valence-corrected chi connectivity index (χ3v) is 9.97. The monoisotopic (exact) mass is 868 g/mol. The van der Waals surface area contributed by atoms with Crippen LogP contribution in [-0.2, 0) is 27.9 Å². The zero-order chi connectivity index (χ0) is 44.8. The number of hydrogen-bond donors (Lipinski definition) is 0. The van der Waals surface area contributed by atoms with Crippen molar-refractivity contribution in [3.8, 4) is 0 Å². The van der Waals surface area contributed by atoms with Crippen LogP contribution >= 0.6 is 7.82 Å². The van der Waals surface area contributed by atoms with E-state index in [1.54, 1.807) is 0 Å². The molecular weight excluding hydrogens is 782 g/mol. The van der Waals surface area contributed by atoms with E-state index in [2.05, 4.69) is 135 Å². The first-order valence-corrected chi connectivity index (χ1v) is 24.7. The number of nitrogens with zero attached hydrogens (tertiary/aromatic N) is 1. The van der Waals surface area contributed by atoms with Gasteiger partial charge in [-0.3, -0.25) is 9.36 Å². The first kappa shape index (κ1) is 57.9. The molecule has 2 atom stereocenters. The summed E-state index contributed by atoms with van der Waals surface area (Å²) in [5.41, 5.74) is 0. The summed E-state index contributed by atoms with van der Waals surface area (Å²) in [4.78, 5) is 25.1. The second-order valence-corrected chi connectivity index (χ2v) is 17.4. The number of phosphoric acid groups is 1. The van der Waals surface area contributed by atoms with Crippen molar-refractivity contribution >= 4 is 13.8 Å². The fraction of sp³-hybridized carbons (Fsp3) is 0.596. The van der Waals surface area contributed by atoms with E-state index < -0.39 is 13.9 Å². The van der Waals surface area contributed by atoms with Gasteiger partial charge < -0.3 is 27.9 Å². The summed E-state index contributed by atoms with van der Waals surface area (Å²) < 4.78 is 34.6. The third-order valence-electron chi connectivity index (χ3n) is 9.01. The summed E-state index contributed by atoms with van der Waals surface area (Å²) >= 11 is 0. The summed E-state index contributed by atoms with van der Waals surface area (Å²) in [6.45, 7) is 5.02. The molecule has 0 saturated heterocycles. The first-order chi connectivity index (χ1) is 29.6. The number of hydrogen-bond acceptors (Lipinski definition) is 7. The van der Waals surface area contributed by atoms with Gasteiger partial charge >= 0.3 is 5.97 Å². The fourth-order valence-corrected chi connectivity index (χ4v) is 6.21. The van der Waals surface area contributed by atoms with Crippen molar-refractivity contribution in [1.82, 2.24) is 0 Å². The van der Waals surface area contributed by atoms with Gasteiger partial charge in [-0.1, -0.05) is 155 Å². The maximum atomic E-state index is 12.7. The van der Waals surface area contributed by atoms with Crippen molar-refractivity contribution in [3.63, 3.8) is 0 Å². The number of quaternary nitrogens is 1. The Bertz CT molecular complexity index is 1380. The lowest BCUT2D eigenvalue weighted by Gasteiger charge is -2.28. The highest BCUT2D eigenvalue weighted by Gasteiger charge is 2.20. The molecule has 0 rings (SSSR count). The molecule has 0 bridgehead atoms. The highest BCUT2D eigenvalue weighted by atomic mass is 31.2. The lowest BCUT2D eigenvalue weighted by atomic mass is 10.1. The molecular formula is C52H86NO7P. The molecule has 0 amide bonds. The van der Waals surface area contributed by atoms with Crippen LogP contribution in [0, 0.1) is 0 Å². The molecule has 0 radical (unpaired) electrons. The van der Waals surface area contributed by atoms with Crippen LogP contribution in [0.3, 0.4) is 0 Å². The van der Waals surface area contributed by atoms with Gasteiger partial charge in [-0.15, -0.1) is 0 Å². The predicted molar refractivity (Wildman–Crippen MR) is 258 cm³/mol. The molecule has 61 heavy (non-hydrogen) atoms. The Morgan fingerprint density at radius 1 is 0.508 bits per heavy atom. The molecule has 0 aliphatic rings. The van der Waals surface area contributed by atoms with Crippen LogP contribution < -0.4 is 4.89 Å². The van der Waals surface area contributed by atoms with Gasteiger partial charge in [-0.25, -0.2) is 0 Å². The van der Waals surface area contributed by atoms with Crippen molar-refractivity contribution in [3.05, 3.63) is 122 Å². The normalized spacial score (nSPS) is 14.8. The van der Waals surface area contributed by atoms with Crippen LogP contribution in [0.25, 0.3) is 0 Å². The number of allylic oxidation sites excluding steroid dienone is 20. The van der Waals surface area contributed by atoms with Gasteiger partial charge in [0.15, 0.2) is 0 Å². The average Bonchev–Trinajstić information content (AvgIpc) is 3.22. The maximum Gasteiger partial charge on any atom is 0.306 e. The Hall–Kier alpha value is -3.10. The van der Waals surface area contributed by atoms with E-state index in [0.717, 1.165) is 116 Å². The van der Waals surface area contributed by atoms with Gasteiger partial charge in [-0.2, -0.15) is 0 Å². The molecule has 0 heterocycles. The first-order valence-electron chi connectivity index (χ1n) is 23.3. The standard InChI is InChI=1S/C52H86NO7P/c1-6-8-10-12-14-16-18-20-22-24-25-26-27-28-30-32-34-36-38-40-42-44-47-57-49-51(50-59-61(55,56)58-48-46-53(3,4)5)60-52(54)45-43-41-39-37-35-33-31-29-23-21-19-17-15-13-11-9-7-2/h8-11,14-17,20-23,25-26,28,30-31,33-34,36,51H,6-7,12-13,18-19,24,27,29,32,35,37-50H2,1-5H3/b10-8-,11-9-,16-14-,17-15-,22-20-,23-21-,26-25-,30-28-,33-31-,36-34-. The Morgan fingerprint density at radius 2 is 0.902 bits per heavy atom. The van der Waals surface area contributed by atoms with Crippen LogP contribution in [0.5, 0.6) is 0 Å². The van der Waals surface area contributed by atoms with E-state index in [-0.39, 0.29) is 32.2 Å². The highest BCUT2D eigenvalue weighted by molar-refractivity contribution is 7.45. The van der Waals surface area contributed by atoms with Crippen LogP contribution in [0.15, 0.2) is 122 Å². The Kier molecular flexibility index (Phi) is 41.3. The molecule has 0 N–H and O–H groups in total. The Balaban J connectivity index is 4.36. The number of likely N-dealkylation sites (N-methyl/N-ethyl adjacent to an activating group) is 1. The smallest absolute Gasteiger partial charge is 0.306 e. The van der Waals surface area contributed by atoms with Crippen LogP contribution in [0.4, 0.5) is 0 Å². The molecule has 8 nitrogen and oxygen atoms in total. The summed E-state index contributed by atoms with van der Waals surface area (Å²) in [5, 5.41) is 0. The Morgan fingerprint density at radius 3 is 1.33 bits per heavy atom. The lowest BCUT2D eigenvalue weighted by molar-refractivity contribution is -0.870. The molecule has 0 aromatic heterocycles. The second-order valence-electron chi connectivity index (χ2n) is 16.0. The van der Waals surface area contributed by atoms with Crippen molar-refractivity contribution in [2.75, 3.05) is 54.1 Å². The number of carbonyl (C=O) groups is 1. The molecule has 0 aromatic carbocycles. The molecule has 0 spiro atoms. The molecule has 0 aromatic rings. The molecule has 0 saturated carbocycles. The van der Waals surface area contributed by atoms with Gasteiger partial charge in [0.1, 0.15) is 19.3 Å². The van der Waals surface area contributed by atoms with E-state index in [9.17, 15) is 14.3 Å². The Labute approximate surface area is 373 Å². The topological polar surface area (TPSA) is 94.1 Å². The van der Waals surface area contributed by atoms with Crippen molar-refractivity contribution in [2.24, 2.45) is 0 Å². The maximum absolute atomic E-state index is 12.7. The molecule has 9 heteroatoms. The zero-order valence-corrected chi connectivity index (χ0v) is 39.9. The summed E-state index contributed by atoms with van der Waals surface area (Å²) in [6.07, 6.45) is 62.2. The van der Waals surface area contributed by atoms with Gasteiger partial charge in [0.2, 0.25) is 0 Å². The summed E-state index contributed by atoms with van der Waals surface area (Å²) in [7, 11) is 1.29. The highest BCUT2D eigenvalue weighted by Crippen LogP contribution is 2.38. The lowest BCUT2D eigenvalue weighted by Crippen LogP contribution is -2.37. The minimum atomic E-state index is -4.55. The number of rotatable bonds is 41. The number of ether oxygens (including phenoxy) is 2. The zero-order valence-electron chi connectivity index (χ0n) is 39.1. The van der Waals surface area contributed by atoms with E-state index in [1.807, 2.05) is 21.1 Å². The van der Waals surface area contributed by atoms with E-state index in [0.29, 0.717) is 24.1 Å². The number of esters is 1. The van der Waals surface area contributed by atoms with Crippen LogP contribution in [-0.4, -0.2) is 70.7 Å². The van der Waals surface area contributed by atoms with Gasteiger partial charge in [-0.05, 0) is 103 Å². The summed E-state index contributed by atoms with van der Waals surface area (Å²) in [6, 6.07) is 0. The van der Waals surface area contributed by atoms with Crippen molar-refractivity contribution in [2.45, 2.75) is 148 Å². The third kappa shape index (κ3) is 47.8. The molecule has 2 unspecified atom stereocenters. The van der Waals surface area contributed by atoms with Gasteiger partial charge in [0.25, 0.3) is 7.82 Å². The quantitative estimate of drug-likeness (QED) is 0.0199. The van der Waals surface area contributed by atoms with E-state index in [1.165, 1.54) is 0 Å². The molecule has 0 fully saturated rings. The molecule has 346 valence electrons. The second kappa shape index (κ2) is 43.5. The molecule has 0 aliphatic heterocycles. The SMILES string of the molecule is CC/C=C\C/C=C\C/C=C\C/C=C\C/C=C\C/C=C\CCCCCOCC(COP(=O)([O-])OCC[N+](C)(C)C)OC(=O)CCCCCC/C=C\C/C=C\C/C=C\C/C=C\CC. The predicted octanol–water partition coefficient (Wildman–Crippen LogP) is 13.5. The minimum Gasteiger partial charge on any atom is -0.756 e. The number of unbranched alkanes of at least 4 members (excludes halogenated alkanes) is 7. The number of phosphoric ester groups is 1. The minimum absolute atomic E-state index is 0.00604.